The molecule has 0 heterocycles. The van der Waals surface area contributed by atoms with Crippen molar-refractivity contribution in [3.8, 4) is 11.1 Å². The van der Waals surface area contributed by atoms with Crippen molar-refractivity contribution in [3.05, 3.63) is 119 Å². The van der Waals surface area contributed by atoms with Crippen molar-refractivity contribution in [2.75, 3.05) is 26.4 Å². The molecule has 0 radical (unpaired) electrons. The summed E-state index contributed by atoms with van der Waals surface area (Å²) in [6.07, 6.45) is 9.58. The summed E-state index contributed by atoms with van der Waals surface area (Å²) in [6.45, 7) is 8.00. The summed E-state index contributed by atoms with van der Waals surface area (Å²) in [5.74, 6) is -2.56. The number of ether oxygens (including phenoxy) is 1. The van der Waals surface area contributed by atoms with Crippen LogP contribution in [0.5, 0.6) is 0 Å². The first-order chi connectivity index (χ1) is 25.6. The normalized spacial score (nSPS) is 15.9. The van der Waals surface area contributed by atoms with E-state index in [9.17, 15) is 14.7 Å². The Bertz CT molecular complexity index is 1610. The van der Waals surface area contributed by atoms with Crippen LogP contribution in [0.25, 0.3) is 11.1 Å². The molecule has 6 nitrogen and oxygen atoms in total. The van der Waals surface area contributed by atoms with Crippen LogP contribution in [0.3, 0.4) is 0 Å². The molecule has 1 aliphatic carbocycles. The highest BCUT2D eigenvalue weighted by Crippen LogP contribution is 2.43. The lowest BCUT2D eigenvalue weighted by Crippen LogP contribution is -2.15. The Morgan fingerprint density at radius 2 is 1.43 bits per heavy atom. The largest absolute Gasteiger partial charge is 0.462 e. The maximum Gasteiger partial charge on any atom is 0.335 e. The van der Waals surface area contributed by atoms with Crippen molar-refractivity contribution in [1.82, 2.24) is 0 Å². The highest BCUT2D eigenvalue weighted by Gasteiger charge is 2.28. The minimum Gasteiger partial charge on any atom is -0.462 e. The van der Waals surface area contributed by atoms with Crippen LogP contribution in [0.2, 0.25) is 0 Å². The first kappa shape index (κ1) is 43.4. The van der Waals surface area contributed by atoms with E-state index >= 15 is 13.2 Å². The predicted octanol–water partition coefficient (Wildman–Crippen LogP) is 9.41. The second-order valence-electron chi connectivity index (χ2n) is 13.9. The summed E-state index contributed by atoms with van der Waals surface area (Å²) in [5.41, 5.74) is 4.64. The van der Waals surface area contributed by atoms with E-state index in [1.54, 1.807) is 6.07 Å². The maximum atomic E-state index is 15.5. The Labute approximate surface area is 312 Å². The summed E-state index contributed by atoms with van der Waals surface area (Å²) in [7, 11) is 0. The number of halogens is 3. The third kappa shape index (κ3) is 13.4. The van der Waals surface area contributed by atoms with Gasteiger partial charge in [-0.05, 0) is 128 Å². The van der Waals surface area contributed by atoms with Gasteiger partial charge in [-0.25, -0.2) is 18.0 Å². The van der Waals surface area contributed by atoms with Crippen molar-refractivity contribution >= 4 is 12.3 Å². The molecular formula is C44H55F3O6. The third-order valence-electron chi connectivity index (χ3n) is 9.99. The van der Waals surface area contributed by atoms with Gasteiger partial charge in [-0.2, -0.15) is 0 Å². The van der Waals surface area contributed by atoms with E-state index in [-0.39, 0.29) is 54.2 Å². The van der Waals surface area contributed by atoms with Crippen molar-refractivity contribution in [2.45, 2.75) is 102 Å². The van der Waals surface area contributed by atoms with Gasteiger partial charge in [-0.15, -0.1) is 0 Å². The second kappa shape index (κ2) is 22.9. The molecule has 4 rings (SSSR count). The van der Waals surface area contributed by atoms with E-state index in [0.29, 0.717) is 55.9 Å². The standard InChI is InChI=1S/C40H49F3O4.C4H6O2/c1-3-4-5-8-28-11-13-29(14-12-28)33-19-20-35(36(41)23-33)31-17-15-30(16-18-31)34-24-37(42)39(38(43)25-34)32(9-6-21-44)10-7-22-47-40(46)27(2)26-45;1-4(2-5)3-6/h11-14,19-20,23-25,30-32,44-45H,2-10,15-18,21-22,26H2,1H3;2,6H,1,3H2. The average molecular weight is 737 g/mol. The van der Waals surface area contributed by atoms with Gasteiger partial charge in [-0.3, -0.25) is 4.79 Å². The molecule has 1 aliphatic rings. The lowest BCUT2D eigenvalue weighted by molar-refractivity contribution is -0.139. The molecule has 1 unspecified atom stereocenters. The molecular weight excluding hydrogens is 681 g/mol. The molecule has 53 heavy (non-hydrogen) atoms. The lowest BCUT2D eigenvalue weighted by Gasteiger charge is -2.30. The van der Waals surface area contributed by atoms with Gasteiger partial charge in [0.2, 0.25) is 0 Å². The SMILES string of the molecule is C=C(C=O)CO.C=C(CO)C(=O)OCCCC(CCCO)c1c(F)cc(C2CCC(c3ccc(-c4ccc(CCCCC)cc4)cc3F)CC2)cc1F. The van der Waals surface area contributed by atoms with Gasteiger partial charge in [0.25, 0.3) is 0 Å². The zero-order valence-electron chi connectivity index (χ0n) is 30.9. The van der Waals surface area contributed by atoms with Crippen LogP contribution in [0.15, 0.2) is 78.9 Å². The molecule has 0 saturated heterocycles. The van der Waals surface area contributed by atoms with Crippen LogP contribution in [-0.4, -0.2) is 54.0 Å². The van der Waals surface area contributed by atoms with Crippen LogP contribution in [0.1, 0.15) is 118 Å². The monoisotopic (exact) mass is 736 g/mol. The minimum absolute atomic E-state index is 0.00438. The van der Waals surface area contributed by atoms with Gasteiger partial charge in [0.05, 0.1) is 25.4 Å². The average Bonchev–Trinajstić information content (AvgIpc) is 3.17. The molecule has 1 saturated carbocycles. The fourth-order valence-corrected chi connectivity index (χ4v) is 6.92. The maximum absolute atomic E-state index is 15.5. The summed E-state index contributed by atoms with van der Waals surface area (Å²) in [5, 5.41) is 26.4. The predicted molar refractivity (Wildman–Crippen MR) is 203 cm³/mol. The fraction of sp³-hybridized carbons (Fsp3) is 0.455. The Morgan fingerprint density at radius 3 is 1.98 bits per heavy atom. The molecule has 3 N–H and O–H groups in total. The molecule has 0 amide bonds. The number of esters is 1. The van der Waals surface area contributed by atoms with Gasteiger partial charge in [0.15, 0.2) is 0 Å². The van der Waals surface area contributed by atoms with Crippen molar-refractivity contribution < 1.29 is 42.8 Å². The number of aldehydes is 1. The quantitative estimate of drug-likeness (QED) is 0.0491. The Kier molecular flexibility index (Phi) is 18.7. The van der Waals surface area contributed by atoms with Crippen molar-refractivity contribution in [3.63, 3.8) is 0 Å². The lowest BCUT2D eigenvalue weighted by atomic mass is 9.75. The smallest absolute Gasteiger partial charge is 0.335 e. The molecule has 0 aliphatic heterocycles. The molecule has 0 aromatic heterocycles. The van der Waals surface area contributed by atoms with Crippen molar-refractivity contribution in [1.29, 1.82) is 0 Å². The van der Waals surface area contributed by atoms with E-state index in [1.807, 2.05) is 12.1 Å². The molecule has 1 atom stereocenters. The summed E-state index contributed by atoms with van der Waals surface area (Å²) in [4.78, 5) is 21.2. The Morgan fingerprint density at radius 1 is 0.811 bits per heavy atom. The molecule has 9 heteroatoms. The number of benzene rings is 3. The number of unbranched alkanes of at least 4 members (excludes halogenated alkanes) is 2. The number of rotatable bonds is 19. The number of carbonyl (C=O) groups excluding carboxylic acids is 2. The molecule has 0 bridgehead atoms. The second-order valence-corrected chi connectivity index (χ2v) is 13.9. The number of aryl methyl sites for hydroxylation is 1. The third-order valence-corrected chi connectivity index (χ3v) is 9.99. The Balaban J connectivity index is 0.00000116. The highest BCUT2D eigenvalue weighted by molar-refractivity contribution is 5.87. The molecule has 0 spiro atoms. The van der Waals surface area contributed by atoms with E-state index in [4.69, 9.17) is 14.9 Å². The number of carbonyl (C=O) groups is 2. The summed E-state index contributed by atoms with van der Waals surface area (Å²) >= 11 is 0. The topological polar surface area (TPSA) is 104 Å². The zero-order chi connectivity index (χ0) is 38.8. The van der Waals surface area contributed by atoms with Crippen molar-refractivity contribution in [2.24, 2.45) is 0 Å². The van der Waals surface area contributed by atoms with Gasteiger partial charge < -0.3 is 20.1 Å². The van der Waals surface area contributed by atoms with E-state index in [2.05, 4.69) is 44.3 Å². The van der Waals surface area contributed by atoms with Crippen LogP contribution in [-0.2, 0) is 20.7 Å². The van der Waals surface area contributed by atoms with Gasteiger partial charge in [-0.1, -0.05) is 69.3 Å². The van der Waals surface area contributed by atoms with E-state index in [1.165, 1.54) is 37.0 Å². The number of hydrogen-bond donors (Lipinski definition) is 3. The molecule has 3 aromatic rings. The van der Waals surface area contributed by atoms with Gasteiger partial charge in [0.1, 0.15) is 23.7 Å². The van der Waals surface area contributed by atoms with Crippen LogP contribution >= 0.6 is 0 Å². The van der Waals surface area contributed by atoms with Gasteiger partial charge in [0, 0.05) is 17.7 Å². The highest BCUT2D eigenvalue weighted by atomic mass is 19.1. The Hall–Kier alpha value is -4.05. The first-order valence-electron chi connectivity index (χ1n) is 18.7. The molecule has 3 aromatic carbocycles. The van der Waals surface area contributed by atoms with Crippen LogP contribution in [0.4, 0.5) is 13.2 Å². The fourth-order valence-electron chi connectivity index (χ4n) is 6.92. The molecule has 1 fully saturated rings. The number of hydrogen-bond acceptors (Lipinski definition) is 6. The number of aliphatic hydroxyl groups excluding tert-OH is 3. The zero-order valence-corrected chi connectivity index (χ0v) is 30.9. The summed E-state index contributed by atoms with van der Waals surface area (Å²) < 4.78 is 51.5. The van der Waals surface area contributed by atoms with Gasteiger partial charge >= 0.3 is 5.97 Å². The van der Waals surface area contributed by atoms with E-state index in [0.717, 1.165) is 30.4 Å². The van der Waals surface area contributed by atoms with Crippen LogP contribution < -0.4 is 0 Å². The first-order valence-corrected chi connectivity index (χ1v) is 18.7. The van der Waals surface area contributed by atoms with Crippen LogP contribution in [0, 0.1) is 17.5 Å². The summed E-state index contributed by atoms with van der Waals surface area (Å²) in [6, 6.07) is 16.8. The number of aliphatic hydroxyl groups is 3. The minimum atomic E-state index is -0.700. The van der Waals surface area contributed by atoms with E-state index < -0.39 is 30.1 Å². The molecule has 288 valence electrons.